The lowest BCUT2D eigenvalue weighted by molar-refractivity contribution is -0.122. The molecule has 0 atom stereocenters. The first kappa shape index (κ1) is 15.9. The number of nitrogens with zero attached hydrogens (tertiary/aromatic N) is 2. The van der Waals surface area contributed by atoms with Crippen LogP contribution in [0.3, 0.4) is 0 Å². The number of nitrogens with one attached hydrogen (secondary N) is 1. The van der Waals surface area contributed by atoms with Crippen LogP contribution < -0.4 is 20.3 Å². The maximum absolute atomic E-state index is 12.1. The van der Waals surface area contributed by atoms with Gasteiger partial charge in [0.2, 0.25) is 12.7 Å². The van der Waals surface area contributed by atoms with E-state index >= 15 is 0 Å². The van der Waals surface area contributed by atoms with Crippen molar-refractivity contribution < 1.29 is 18.7 Å². The van der Waals surface area contributed by atoms with Gasteiger partial charge in [0.1, 0.15) is 12.3 Å². The minimum atomic E-state index is -0.359. The van der Waals surface area contributed by atoms with E-state index < -0.39 is 0 Å². The normalized spacial score (nSPS) is 12.2. The zero-order valence-electron chi connectivity index (χ0n) is 13.7. The van der Waals surface area contributed by atoms with Crippen molar-refractivity contribution >= 4 is 5.91 Å². The summed E-state index contributed by atoms with van der Waals surface area (Å²) < 4.78 is 16.9. The summed E-state index contributed by atoms with van der Waals surface area (Å²) in [5, 5.41) is 6.96. The van der Waals surface area contributed by atoms with Gasteiger partial charge in [-0.1, -0.05) is 0 Å². The Bertz CT molecular complexity index is 994. The van der Waals surface area contributed by atoms with E-state index in [4.69, 9.17) is 13.9 Å². The van der Waals surface area contributed by atoms with E-state index in [1.165, 1.54) is 12.3 Å². The topological polar surface area (TPSA) is 95.6 Å². The maximum Gasteiger partial charge on any atom is 0.267 e. The summed E-state index contributed by atoms with van der Waals surface area (Å²) in [7, 11) is 0. The average Bonchev–Trinajstić information content (AvgIpc) is 3.32. The highest BCUT2D eigenvalue weighted by Crippen LogP contribution is 2.35. The summed E-state index contributed by atoms with van der Waals surface area (Å²) in [5.74, 6) is 1.59. The zero-order valence-corrected chi connectivity index (χ0v) is 13.7. The second-order valence-corrected chi connectivity index (χ2v) is 5.64. The van der Waals surface area contributed by atoms with Crippen LogP contribution in [-0.4, -0.2) is 22.5 Å². The van der Waals surface area contributed by atoms with Crippen molar-refractivity contribution in [2.45, 2.75) is 13.1 Å². The molecule has 8 nitrogen and oxygen atoms in total. The molecule has 0 unspecified atom stereocenters. The van der Waals surface area contributed by atoms with E-state index in [2.05, 4.69) is 10.4 Å². The Kier molecular flexibility index (Phi) is 4.14. The van der Waals surface area contributed by atoms with Crippen LogP contribution in [0.2, 0.25) is 0 Å². The monoisotopic (exact) mass is 353 g/mol. The van der Waals surface area contributed by atoms with Crippen molar-refractivity contribution in [3.05, 3.63) is 64.8 Å². The Labute approximate surface area is 148 Å². The molecule has 1 aromatic carbocycles. The first-order chi connectivity index (χ1) is 12.7. The van der Waals surface area contributed by atoms with Crippen LogP contribution in [0.5, 0.6) is 11.5 Å². The predicted molar refractivity (Wildman–Crippen MR) is 90.6 cm³/mol. The molecule has 0 radical (unpaired) electrons. The third-order valence-electron chi connectivity index (χ3n) is 3.87. The van der Waals surface area contributed by atoms with E-state index in [1.54, 1.807) is 30.3 Å². The van der Waals surface area contributed by atoms with Gasteiger partial charge < -0.3 is 19.2 Å². The molecular formula is C18H15N3O5. The third-order valence-corrected chi connectivity index (χ3v) is 3.87. The molecule has 4 rings (SSSR count). The first-order valence-corrected chi connectivity index (χ1v) is 7.96. The molecule has 8 heteroatoms. The van der Waals surface area contributed by atoms with E-state index in [0.29, 0.717) is 23.0 Å². The highest BCUT2D eigenvalue weighted by atomic mass is 16.7. The number of carbonyl (C=O) groups excluding carboxylic acids is 1. The number of hydrogen-bond donors (Lipinski definition) is 1. The Balaban J connectivity index is 1.51. The van der Waals surface area contributed by atoms with Crippen molar-refractivity contribution in [2.24, 2.45) is 0 Å². The fourth-order valence-electron chi connectivity index (χ4n) is 2.56. The second kappa shape index (κ2) is 6.75. The molecule has 1 aliphatic heterocycles. The van der Waals surface area contributed by atoms with Gasteiger partial charge in [0.15, 0.2) is 11.5 Å². The van der Waals surface area contributed by atoms with Gasteiger partial charge in [0, 0.05) is 11.6 Å². The number of aromatic nitrogens is 2. The summed E-state index contributed by atoms with van der Waals surface area (Å²) in [6, 6.07) is 11.9. The van der Waals surface area contributed by atoms with E-state index in [-0.39, 0.29) is 31.3 Å². The number of ether oxygens (including phenoxy) is 2. The van der Waals surface area contributed by atoms with Gasteiger partial charge in [-0.05, 0) is 36.4 Å². The van der Waals surface area contributed by atoms with Crippen LogP contribution in [0.15, 0.2) is 57.9 Å². The quantitative estimate of drug-likeness (QED) is 0.748. The first-order valence-electron chi connectivity index (χ1n) is 7.96. The number of furan rings is 1. The number of fused-ring (bicyclic) bond motifs is 1. The van der Waals surface area contributed by atoms with Crippen LogP contribution in [0, 0.1) is 0 Å². The molecule has 132 valence electrons. The number of hydrogen-bond acceptors (Lipinski definition) is 6. The number of rotatable bonds is 5. The Morgan fingerprint density at radius 1 is 1.15 bits per heavy atom. The predicted octanol–water partition coefficient (Wildman–Crippen LogP) is 1.55. The van der Waals surface area contributed by atoms with Crippen LogP contribution in [-0.2, 0) is 17.9 Å². The Hall–Kier alpha value is -3.55. The van der Waals surface area contributed by atoms with E-state index in [1.807, 2.05) is 6.07 Å². The molecule has 1 aliphatic rings. The molecule has 2 aromatic heterocycles. The van der Waals surface area contributed by atoms with Gasteiger partial charge in [-0.25, -0.2) is 4.68 Å². The molecule has 3 aromatic rings. The van der Waals surface area contributed by atoms with Gasteiger partial charge in [-0.15, -0.1) is 0 Å². The summed E-state index contributed by atoms with van der Waals surface area (Å²) in [4.78, 5) is 24.1. The summed E-state index contributed by atoms with van der Waals surface area (Å²) >= 11 is 0. The van der Waals surface area contributed by atoms with Crippen LogP contribution in [0.4, 0.5) is 0 Å². The Morgan fingerprint density at radius 3 is 2.88 bits per heavy atom. The fraction of sp³-hybridized carbons (Fsp3) is 0.167. The molecular weight excluding hydrogens is 338 g/mol. The second-order valence-electron chi connectivity index (χ2n) is 5.64. The minimum absolute atomic E-state index is 0.182. The van der Waals surface area contributed by atoms with Gasteiger partial charge in [0.05, 0.1) is 18.5 Å². The van der Waals surface area contributed by atoms with Gasteiger partial charge >= 0.3 is 0 Å². The molecule has 1 N–H and O–H groups in total. The standard InChI is InChI=1S/C18H15N3O5/c22-17(19-9-13-2-1-7-24-13)10-21-18(23)6-4-14(20-21)12-3-5-15-16(8-12)26-11-25-15/h1-8H,9-11H2,(H,19,22). The molecule has 0 aliphatic carbocycles. The van der Waals surface area contributed by atoms with Crippen LogP contribution >= 0.6 is 0 Å². The average molecular weight is 353 g/mol. The smallest absolute Gasteiger partial charge is 0.267 e. The molecule has 0 bridgehead atoms. The largest absolute Gasteiger partial charge is 0.467 e. The van der Waals surface area contributed by atoms with Crippen molar-refractivity contribution in [3.8, 4) is 22.8 Å². The lowest BCUT2D eigenvalue weighted by Crippen LogP contribution is -2.33. The molecule has 1 amide bonds. The van der Waals surface area contributed by atoms with Gasteiger partial charge in [-0.3, -0.25) is 9.59 Å². The summed E-state index contributed by atoms with van der Waals surface area (Å²) in [6.07, 6.45) is 1.53. The molecule has 0 saturated heterocycles. The molecule has 26 heavy (non-hydrogen) atoms. The van der Waals surface area contributed by atoms with Crippen molar-refractivity contribution in [3.63, 3.8) is 0 Å². The lowest BCUT2D eigenvalue weighted by atomic mass is 10.1. The molecule has 3 heterocycles. The zero-order chi connectivity index (χ0) is 17.9. The fourth-order valence-corrected chi connectivity index (χ4v) is 2.56. The molecule has 0 fully saturated rings. The maximum atomic E-state index is 12.1. The van der Waals surface area contributed by atoms with Gasteiger partial charge in [0.25, 0.3) is 5.56 Å². The lowest BCUT2D eigenvalue weighted by Gasteiger charge is -2.08. The number of benzene rings is 1. The van der Waals surface area contributed by atoms with Gasteiger partial charge in [-0.2, -0.15) is 5.10 Å². The highest BCUT2D eigenvalue weighted by Gasteiger charge is 2.15. The minimum Gasteiger partial charge on any atom is -0.467 e. The van der Waals surface area contributed by atoms with Crippen molar-refractivity contribution in [1.82, 2.24) is 15.1 Å². The molecule has 0 spiro atoms. The van der Waals surface area contributed by atoms with E-state index in [9.17, 15) is 9.59 Å². The summed E-state index contributed by atoms with van der Waals surface area (Å²) in [6.45, 7) is 0.252. The highest BCUT2D eigenvalue weighted by molar-refractivity contribution is 5.75. The number of amides is 1. The number of carbonyl (C=O) groups is 1. The molecule has 0 saturated carbocycles. The summed E-state index contributed by atoms with van der Waals surface area (Å²) in [5.41, 5.74) is 0.961. The Morgan fingerprint density at radius 2 is 2.04 bits per heavy atom. The van der Waals surface area contributed by atoms with Crippen LogP contribution in [0.1, 0.15) is 5.76 Å². The van der Waals surface area contributed by atoms with Crippen LogP contribution in [0.25, 0.3) is 11.3 Å². The van der Waals surface area contributed by atoms with Crippen molar-refractivity contribution in [1.29, 1.82) is 0 Å². The SMILES string of the molecule is O=C(Cn1nc(-c2ccc3c(c2)OCO3)ccc1=O)NCc1ccco1. The van der Waals surface area contributed by atoms with E-state index in [0.717, 1.165) is 10.2 Å². The third kappa shape index (κ3) is 3.30. The van der Waals surface area contributed by atoms with Crippen molar-refractivity contribution in [2.75, 3.05) is 6.79 Å².